The van der Waals surface area contributed by atoms with Gasteiger partial charge >= 0.3 is 0 Å². The largest absolute Gasteiger partial charge is 0.355 e. The van der Waals surface area contributed by atoms with Crippen LogP contribution >= 0.6 is 0 Å². The van der Waals surface area contributed by atoms with Crippen molar-refractivity contribution < 1.29 is 4.79 Å². The molecule has 3 N–H and O–H groups in total. The van der Waals surface area contributed by atoms with Crippen LogP contribution in [0.2, 0.25) is 0 Å². The van der Waals surface area contributed by atoms with Crippen LogP contribution in [-0.2, 0) is 17.8 Å². The molecule has 0 spiro atoms. The maximum Gasteiger partial charge on any atom is 0.239 e. The normalized spacial score (nSPS) is 16.4. The van der Waals surface area contributed by atoms with Gasteiger partial charge in [-0.05, 0) is 44.7 Å². The van der Waals surface area contributed by atoms with Gasteiger partial charge in [-0.1, -0.05) is 31.2 Å². The molecule has 0 radical (unpaired) electrons. The van der Waals surface area contributed by atoms with Gasteiger partial charge < -0.3 is 16.0 Å². The Morgan fingerprint density at radius 3 is 2.56 bits per heavy atom. The van der Waals surface area contributed by atoms with E-state index in [0.717, 1.165) is 32.5 Å². The number of nitrogens with zero attached hydrogens (tertiary/aromatic N) is 2. The summed E-state index contributed by atoms with van der Waals surface area (Å²) < 4.78 is 0. The monoisotopic (exact) mass is 373 g/mol. The second kappa shape index (κ2) is 9.74. The molecule has 1 heterocycles. The Morgan fingerprint density at radius 2 is 1.93 bits per heavy atom. The Balaban J connectivity index is 1.83. The molecule has 27 heavy (non-hydrogen) atoms. The van der Waals surface area contributed by atoms with E-state index in [4.69, 9.17) is 0 Å². The maximum atomic E-state index is 12.0. The van der Waals surface area contributed by atoms with Gasteiger partial charge in [0.1, 0.15) is 0 Å². The number of hydrogen-bond donors (Lipinski definition) is 3. The zero-order valence-corrected chi connectivity index (χ0v) is 17.4. The van der Waals surface area contributed by atoms with Crippen molar-refractivity contribution in [2.75, 3.05) is 26.7 Å². The van der Waals surface area contributed by atoms with Crippen molar-refractivity contribution in [3.05, 3.63) is 35.4 Å². The van der Waals surface area contributed by atoms with Crippen molar-refractivity contribution in [3.8, 4) is 0 Å². The van der Waals surface area contributed by atoms with E-state index in [1.165, 1.54) is 11.1 Å². The first-order valence-corrected chi connectivity index (χ1v) is 9.88. The Labute approximate surface area is 163 Å². The smallest absolute Gasteiger partial charge is 0.239 e. The van der Waals surface area contributed by atoms with Crippen LogP contribution in [0.4, 0.5) is 0 Å². The lowest BCUT2D eigenvalue weighted by atomic mass is 9.98. The molecule has 0 saturated heterocycles. The van der Waals surface area contributed by atoms with E-state index in [2.05, 4.69) is 57.0 Å². The van der Waals surface area contributed by atoms with Gasteiger partial charge in [-0.25, -0.2) is 0 Å². The second-order valence-corrected chi connectivity index (χ2v) is 8.16. The van der Waals surface area contributed by atoms with E-state index < -0.39 is 0 Å². The number of nitrogens with one attached hydrogen (secondary N) is 3. The Hall–Kier alpha value is -2.08. The van der Waals surface area contributed by atoms with E-state index in [9.17, 15) is 4.79 Å². The molecule has 1 aromatic rings. The summed E-state index contributed by atoms with van der Waals surface area (Å²) in [4.78, 5) is 18.7. The van der Waals surface area contributed by atoms with Crippen LogP contribution in [0.15, 0.2) is 29.3 Å². The first-order valence-electron chi connectivity index (χ1n) is 9.88. The number of carbonyl (C=O) groups excluding carboxylic acids is 1. The fourth-order valence-electron chi connectivity index (χ4n) is 3.42. The molecular formula is C21H35N5O. The minimum Gasteiger partial charge on any atom is -0.355 e. The minimum absolute atomic E-state index is 0.0369. The summed E-state index contributed by atoms with van der Waals surface area (Å²) in [6.45, 7) is 11.2. The third-order valence-electron chi connectivity index (χ3n) is 4.81. The highest BCUT2D eigenvalue weighted by Crippen LogP contribution is 2.21. The molecule has 6 heteroatoms. The van der Waals surface area contributed by atoms with Crippen molar-refractivity contribution in [1.82, 2.24) is 20.9 Å². The molecule has 0 aromatic heterocycles. The third kappa shape index (κ3) is 6.86. The lowest BCUT2D eigenvalue weighted by Crippen LogP contribution is -2.51. The summed E-state index contributed by atoms with van der Waals surface area (Å²) in [6, 6.07) is 9.14. The lowest BCUT2D eigenvalue weighted by molar-refractivity contribution is -0.121. The van der Waals surface area contributed by atoms with E-state index in [0.29, 0.717) is 12.0 Å². The van der Waals surface area contributed by atoms with Gasteiger partial charge in [-0.3, -0.25) is 14.7 Å². The average Bonchev–Trinajstić information content (AvgIpc) is 2.63. The average molecular weight is 374 g/mol. The summed E-state index contributed by atoms with van der Waals surface area (Å²) in [6.07, 6.45) is 2.17. The molecule has 1 unspecified atom stereocenters. The molecule has 0 bridgehead atoms. The van der Waals surface area contributed by atoms with Crippen molar-refractivity contribution in [2.45, 2.75) is 58.7 Å². The molecule has 1 aliphatic heterocycles. The van der Waals surface area contributed by atoms with Crippen LogP contribution in [0.5, 0.6) is 0 Å². The van der Waals surface area contributed by atoms with Gasteiger partial charge in [0.25, 0.3) is 0 Å². The van der Waals surface area contributed by atoms with Crippen molar-refractivity contribution in [2.24, 2.45) is 4.99 Å². The summed E-state index contributed by atoms with van der Waals surface area (Å²) >= 11 is 0. The molecule has 1 amide bonds. The van der Waals surface area contributed by atoms with Gasteiger partial charge in [-0.15, -0.1) is 0 Å². The third-order valence-corrected chi connectivity index (χ3v) is 4.81. The predicted octanol–water partition coefficient (Wildman–Crippen LogP) is 1.90. The molecule has 1 aliphatic rings. The molecule has 6 nitrogen and oxygen atoms in total. The van der Waals surface area contributed by atoms with Crippen LogP contribution in [0.25, 0.3) is 0 Å². The second-order valence-electron chi connectivity index (χ2n) is 8.16. The number of fused-ring (bicyclic) bond motifs is 1. The summed E-state index contributed by atoms with van der Waals surface area (Å²) in [7, 11) is 1.73. The summed E-state index contributed by atoms with van der Waals surface area (Å²) in [5, 5.41) is 9.42. The highest BCUT2D eigenvalue weighted by Gasteiger charge is 2.22. The Bertz CT molecular complexity index is 650. The topological polar surface area (TPSA) is 68.8 Å². The predicted molar refractivity (Wildman–Crippen MR) is 112 cm³/mol. The number of rotatable bonds is 6. The number of guanidine groups is 1. The van der Waals surface area contributed by atoms with E-state index in [-0.39, 0.29) is 18.0 Å². The first-order chi connectivity index (χ1) is 12.8. The van der Waals surface area contributed by atoms with E-state index in [1.807, 2.05) is 20.8 Å². The van der Waals surface area contributed by atoms with Gasteiger partial charge in [0.15, 0.2) is 5.96 Å². The first kappa shape index (κ1) is 21.2. The molecule has 150 valence electrons. The zero-order chi connectivity index (χ0) is 19.9. The Kier molecular flexibility index (Phi) is 7.66. The van der Waals surface area contributed by atoms with E-state index in [1.54, 1.807) is 7.05 Å². The fraction of sp³-hybridized carbons (Fsp3) is 0.619. The molecule has 0 saturated carbocycles. The van der Waals surface area contributed by atoms with Crippen LogP contribution in [0.1, 0.15) is 45.2 Å². The van der Waals surface area contributed by atoms with E-state index >= 15 is 0 Å². The number of hydrogen-bond acceptors (Lipinski definition) is 3. The van der Waals surface area contributed by atoms with Gasteiger partial charge in [-0.2, -0.15) is 0 Å². The van der Waals surface area contributed by atoms with Gasteiger partial charge in [0, 0.05) is 38.3 Å². The highest BCUT2D eigenvalue weighted by molar-refractivity contribution is 5.86. The number of carbonyl (C=O) groups is 1. The van der Waals surface area contributed by atoms with Crippen molar-refractivity contribution in [3.63, 3.8) is 0 Å². The SMILES string of the molecule is CCC(CNC(=NC)NCC(=O)NC(C)(C)C)N1CCc2ccccc2C1. The standard InChI is InChI=1S/C21H35N5O/c1-6-18(26-12-11-16-9-7-8-10-17(16)15-26)13-23-20(22-5)24-14-19(27)25-21(2,3)4/h7-10,18H,6,11-15H2,1-5H3,(H,25,27)(H2,22,23,24). The van der Waals surface area contributed by atoms with Gasteiger partial charge in [0.2, 0.25) is 5.91 Å². The molecule has 0 aliphatic carbocycles. The molecule has 1 atom stereocenters. The van der Waals surface area contributed by atoms with Crippen LogP contribution in [-0.4, -0.2) is 55.0 Å². The molecule has 2 rings (SSSR count). The van der Waals surface area contributed by atoms with Crippen LogP contribution < -0.4 is 16.0 Å². The number of amides is 1. The van der Waals surface area contributed by atoms with Crippen LogP contribution in [0.3, 0.4) is 0 Å². The molecular weight excluding hydrogens is 338 g/mol. The minimum atomic E-state index is -0.229. The number of aliphatic imine (C=N–C) groups is 1. The summed E-state index contributed by atoms with van der Waals surface area (Å²) in [5.74, 6) is 0.625. The fourth-order valence-corrected chi connectivity index (χ4v) is 3.42. The Morgan fingerprint density at radius 1 is 1.22 bits per heavy atom. The zero-order valence-electron chi connectivity index (χ0n) is 17.4. The highest BCUT2D eigenvalue weighted by atomic mass is 16.2. The lowest BCUT2D eigenvalue weighted by Gasteiger charge is -2.35. The number of benzene rings is 1. The maximum absolute atomic E-state index is 12.0. The summed E-state index contributed by atoms with van der Waals surface area (Å²) in [5.41, 5.74) is 2.68. The molecule has 1 aromatic carbocycles. The van der Waals surface area contributed by atoms with Crippen molar-refractivity contribution in [1.29, 1.82) is 0 Å². The molecule has 0 fully saturated rings. The van der Waals surface area contributed by atoms with Crippen LogP contribution in [0, 0.1) is 0 Å². The van der Waals surface area contributed by atoms with Gasteiger partial charge in [0.05, 0.1) is 6.54 Å². The quantitative estimate of drug-likeness (QED) is 0.526. The van der Waals surface area contributed by atoms with Crippen molar-refractivity contribution >= 4 is 11.9 Å².